The molecule has 1 aliphatic rings. The molecule has 0 N–H and O–H groups in total. The molecule has 13 heavy (non-hydrogen) atoms. The summed E-state index contributed by atoms with van der Waals surface area (Å²) in [6.45, 7) is 0.633. The summed E-state index contributed by atoms with van der Waals surface area (Å²) in [5.74, 6) is 1.16. The molecule has 1 aromatic heterocycles. The molecule has 0 aromatic carbocycles. The van der Waals surface area contributed by atoms with Crippen molar-refractivity contribution in [1.29, 1.82) is 0 Å². The lowest BCUT2D eigenvalue weighted by Crippen LogP contribution is -2.03. The van der Waals surface area contributed by atoms with Gasteiger partial charge in [0.05, 0.1) is 6.54 Å². The van der Waals surface area contributed by atoms with Crippen LogP contribution < -0.4 is 0 Å². The third-order valence-electron chi connectivity index (χ3n) is 1.53. The molecular formula is C9H8N4. The molecule has 1 aliphatic heterocycles. The zero-order valence-corrected chi connectivity index (χ0v) is 6.96. The number of hydrogen-bond donors (Lipinski definition) is 0. The van der Waals surface area contributed by atoms with Gasteiger partial charge in [0, 0.05) is 18.6 Å². The van der Waals surface area contributed by atoms with Gasteiger partial charge in [0.15, 0.2) is 11.7 Å². The zero-order chi connectivity index (χ0) is 8.93. The van der Waals surface area contributed by atoms with Crippen LogP contribution in [0.4, 0.5) is 0 Å². The lowest BCUT2D eigenvalue weighted by atomic mass is 10.5. The van der Waals surface area contributed by atoms with Crippen LogP contribution in [0.1, 0.15) is 5.82 Å². The first-order valence-electron chi connectivity index (χ1n) is 3.98. The number of rotatable bonds is 1. The lowest BCUT2D eigenvalue weighted by Gasteiger charge is -1.95. The fourth-order valence-electron chi connectivity index (χ4n) is 0.958. The van der Waals surface area contributed by atoms with E-state index in [0.29, 0.717) is 18.2 Å². The van der Waals surface area contributed by atoms with Crippen molar-refractivity contribution >= 4 is 12.1 Å². The maximum Gasteiger partial charge on any atom is 0.197 e. The summed E-state index contributed by atoms with van der Waals surface area (Å²) in [5.41, 5.74) is 0. The molecule has 0 atom stereocenters. The Kier molecular flexibility index (Phi) is 2.22. The Labute approximate surface area is 75.8 Å². The van der Waals surface area contributed by atoms with E-state index in [1.807, 2.05) is 12.2 Å². The van der Waals surface area contributed by atoms with Gasteiger partial charge >= 0.3 is 0 Å². The summed E-state index contributed by atoms with van der Waals surface area (Å²) in [5, 5.41) is 0. The standard InChI is InChI=1S/C9H8N4/c1-2-5-11-8(10-4-1)9-12-6-3-7-13-9/h1-4,6-7H,5H2. The van der Waals surface area contributed by atoms with E-state index in [1.165, 1.54) is 0 Å². The van der Waals surface area contributed by atoms with Crippen LogP contribution in [0.25, 0.3) is 0 Å². The van der Waals surface area contributed by atoms with Gasteiger partial charge in [0.25, 0.3) is 0 Å². The molecule has 1 aromatic rings. The van der Waals surface area contributed by atoms with Gasteiger partial charge in [0.2, 0.25) is 0 Å². The molecule has 0 unspecified atom stereocenters. The van der Waals surface area contributed by atoms with E-state index in [0.717, 1.165) is 0 Å². The number of nitrogens with zero attached hydrogens (tertiary/aromatic N) is 4. The van der Waals surface area contributed by atoms with E-state index in [1.54, 1.807) is 24.7 Å². The zero-order valence-electron chi connectivity index (χ0n) is 6.96. The second-order valence-electron chi connectivity index (χ2n) is 2.44. The molecule has 0 bridgehead atoms. The lowest BCUT2D eigenvalue weighted by molar-refractivity contribution is 1.11. The molecule has 64 valence electrons. The average Bonchev–Trinajstić information content (AvgIpc) is 2.47. The van der Waals surface area contributed by atoms with Crippen LogP contribution in [0.3, 0.4) is 0 Å². The maximum absolute atomic E-state index is 4.20. The smallest absolute Gasteiger partial charge is 0.197 e. The predicted octanol–water partition coefficient (Wildman–Crippen LogP) is 0.864. The minimum Gasteiger partial charge on any atom is -0.259 e. The number of aromatic nitrogens is 2. The van der Waals surface area contributed by atoms with Crippen molar-refractivity contribution in [3.63, 3.8) is 0 Å². The first-order chi connectivity index (χ1) is 6.47. The number of allylic oxidation sites excluding steroid dienone is 1. The summed E-state index contributed by atoms with van der Waals surface area (Å²) in [4.78, 5) is 16.4. The van der Waals surface area contributed by atoms with E-state index < -0.39 is 0 Å². The van der Waals surface area contributed by atoms with Crippen molar-refractivity contribution in [2.75, 3.05) is 6.54 Å². The van der Waals surface area contributed by atoms with Gasteiger partial charge in [-0.1, -0.05) is 6.08 Å². The highest BCUT2D eigenvalue weighted by atomic mass is 15.0. The Hall–Kier alpha value is -1.84. The molecule has 0 amide bonds. The van der Waals surface area contributed by atoms with Crippen LogP contribution in [0.15, 0.2) is 40.6 Å². The summed E-state index contributed by atoms with van der Waals surface area (Å²) in [7, 11) is 0. The van der Waals surface area contributed by atoms with Crippen molar-refractivity contribution in [3.05, 3.63) is 36.4 Å². The molecule has 0 fully saturated rings. The number of amidine groups is 1. The first-order valence-corrected chi connectivity index (χ1v) is 3.98. The molecular weight excluding hydrogens is 164 g/mol. The van der Waals surface area contributed by atoms with Gasteiger partial charge < -0.3 is 0 Å². The van der Waals surface area contributed by atoms with E-state index in [9.17, 15) is 0 Å². The van der Waals surface area contributed by atoms with Crippen LogP contribution in [-0.4, -0.2) is 28.6 Å². The molecule has 2 heterocycles. The molecule has 0 radical (unpaired) electrons. The van der Waals surface area contributed by atoms with Crippen LogP contribution in [0, 0.1) is 0 Å². The van der Waals surface area contributed by atoms with Crippen molar-refractivity contribution in [2.45, 2.75) is 0 Å². The van der Waals surface area contributed by atoms with Crippen LogP contribution in [-0.2, 0) is 0 Å². The summed E-state index contributed by atoms with van der Waals surface area (Å²) < 4.78 is 0. The highest BCUT2D eigenvalue weighted by Gasteiger charge is 2.02. The van der Waals surface area contributed by atoms with Crippen LogP contribution in [0.2, 0.25) is 0 Å². The highest BCUT2D eigenvalue weighted by Crippen LogP contribution is 1.96. The molecule has 4 heteroatoms. The molecule has 4 nitrogen and oxygen atoms in total. The number of aliphatic imine (C=N–C) groups is 2. The Balaban J connectivity index is 2.32. The second kappa shape index (κ2) is 3.71. The summed E-state index contributed by atoms with van der Waals surface area (Å²) >= 11 is 0. The highest BCUT2D eigenvalue weighted by molar-refractivity contribution is 6.02. The fourth-order valence-corrected chi connectivity index (χ4v) is 0.958. The average molecular weight is 172 g/mol. The van der Waals surface area contributed by atoms with Gasteiger partial charge in [0.1, 0.15) is 0 Å². The number of hydrogen-bond acceptors (Lipinski definition) is 4. The van der Waals surface area contributed by atoms with E-state index in [2.05, 4.69) is 20.0 Å². The quantitative estimate of drug-likeness (QED) is 0.631. The molecule has 0 saturated heterocycles. The van der Waals surface area contributed by atoms with Crippen LogP contribution >= 0.6 is 0 Å². The van der Waals surface area contributed by atoms with Crippen molar-refractivity contribution in [2.24, 2.45) is 9.98 Å². The van der Waals surface area contributed by atoms with Crippen molar-refractivity contribution in [3.8, 4) is 0 Å². The van der Waals surface area contributed by atoms with E-state index >= 15 is 0 Å². The third kappa shape index (κ3) is 1.84. The Bertz CT molecular complexity index is 364. The largest absolute Gasteiger partial charge is 0.259 e. The van der Waals surface area contributed by atoms with Gasteiger partial charge in [-0.25, -0.2) is 15.0 Å². The SMILES string of the molecule is C1=CCN=C(c2ncccn2)N=C1. The third-order valence-corrected chi connectivity index (χ3v) is 1.53. The van der Waals surface area contributed by atoms with Gasteiger partial charge in [-0.3, -0.25) is 4.99 Å². The topological polar surface area (TPSA) is 50.5 Å². The summed E-state index contributed by atoms with van der Waals surface area (Å²) in [6, 6.07) is 1.77. The minimum atomic E-state index is 0.572. The molecule has 0 spiro atoms. The summed E-state index contributed by atoms with van der Waals surface area (Å²) in [6.07, 6.45) is 8.85. The normalized spacial score (nSPS) is 15.2. The first kappa shape index (κ1) is 7.79. The van der Waals surface area contributed by atoms with Crippen molar-refractivity contribution in [1.82, 2.24) is 9.97 Å². The van der Waals surface area contributed by atoms with Gasteiger partial charge in [-0.05, 0) is 12.1 Å². The molecule has 0 saturated carbocycles. The minimum absolute atomic E-state index is 0.572. The second-order valence-corrected chi connectivity index (χ2v) is 2.44. The van der Waals surface area contributed by atoms with Crippen molar-refractivity contribution < 1.29 is 0 Å². The Morgan fingerprint density at radius 1 is 1.15 bits per heavy atom. The Morgan fingerprint density at radius 2 is 2.00 bits per heavy atom. The fraction of sp³-hybridized carbons (Fsp3) is 0.111. The van der Waals surface area contributed by atoms with Gasteiger partial charge in [-0.2, -0.15) is 0 Å². The van der Waals surface area contributed by atoms with E-state index in [4.69, 9.17) is 0 Å². The maximum atomic E-state index is 4.20. The monoisotopic (exact) mass is 172 g/mol. The van der Waals surface area contributed by atoms with E-state index in [-0.39, 0.29) is 0 Å². The molecule has 2 rings (SSSR count). The Morgan fingerprint density at radius 3 is 2.85 bits per heavy atom. The van der Waals surface area contributed by atoms with Crippen LogP contribution in [0.5, 0.6) is 0 Å². The predicted molar refractivity (Wildman–Crippen MR) is 51.1 cm³/mol. The van der Waals surface area contributed by atoms with Gasteiger partial charge in [-0.15, -0.1) is 0 Å². The molecule has 0 aliphatic carbocycles.